The highest BCUT2D eigenvalue weighted by Crippen LogP contribution is 2.30. The standard InChI is InChI=1S/C28H30ClN7O7/c1-4-5-10-23-30-26(29)25(28(38)42-18(3)41-24(37)15-17(2)43-36(39)40)35(23)16-19-11-13-20(14-12-19)21-8-6-7-9-22(21)27-31-33-34-32-27/h6-9,11-14,17-18H,4-5,10,15-16H2,1-3H3,(H,31,32,33,34)/t17-,18?/m0/s1. The summed E-state index contributed by atoms with van der Waals surface area (Å²) < 4.78 is 12.1. The molecule has 0 fully saturated rings. The number of carbonyl (C=O) groups excluding carboxylic acids is 2. The van der Waals surface area contributed by atoms with Crippen LogP contribution in [0.25, 0.3) is 22.5 Å². The summed E-state index contributed by atoms with van der Waals surface area (Å²) in [5.41, 5.74) is 3.59. The summed E-state index contributed by atoms with van der Waals surface area (Å²) >= 11 is 6.43. The molecule has 4 rings (SSSR count). The molecule has 0 radical (unpaired) electrons. The van der Waals surface area contributed by atoms with Gasteiger partial charge < -0.3 is 18.9 Å². The molecule has 2 heterocycles. The third kappa shape index (κ3) is 8.13. The van der Waals surface area contributed by atoms with E-state index in [-0.39, 0.29) is 17.4 Å². The van der Waals surface area contributed by atoms with E-state index in [1.54, 1.807) is 4.57 Å². The van der Waals surface area contributed by atoms with Gasteiger partial charge in [-0.15, -0.1) is 20.3 Å². The summed E-state index contributed by atoms with van der Waals surface area (Å²) in [4.78, 5) is 44.5. The van der Waals surface area contributed by atoms with E-state index in [1.165, 1.54) is 13.8 Å². The first kappa shape index (κ1) is 31.1. The summed E-state index contributed by atoms with van der Waals surface area (Å²) in [6.07, 6.45) is -0.408. The van der Waals surface area contributed by atoms with Crippen LogP contribution < -0.4 is 0 Å². The van der Waals surface area contributed by atoms with Crippen molar-refractivity contribution in [1.82, 2.24) is 30.2 Å². The minimum atomic E-state index is -1.29. The van der Waals surface area contributed by atoms with Gasteiger partial charge in [-0.25, -0.2) is 9.78 Å². The largest absolute Gasteiger partial charge is 0.425 e. The molecule has 0 aliphatic heterocycles. The number of hydrogen-bond acceptors (Lipinski definition) is 11. The Balaban J connectivity index is 1.52. The Morgan fingerprint density at radius 2 is 1.81 bits per heavy atom. The highest BCUT2D eigenvalue weighted by atomic mass is 35.5. The quantitative estimate of drug-likeness (QED) is 0.0895. The molecule has 0 amide bonds. The highest BCUT2D eigenvalue weighted by Gasteiger charge is 2.26. The maximum Gasteiger partial charge on any atom is 0.361 e. The third-order valence-electron chi connectivity index (χ3n) is 6.36. The Labute approximate surface area is 251 Å². The molecule has 43 heavy (non-hydrogen) atoms. The lowest BCUT2D eigenvalue weighted by atomic mass is 9.98. The number of ether oxygens (including phenoxy) is 2. The predicted molar refractivity (Wildman–Crippen MR) is 153 cm³/mol. The molecule has 0 aliphatic rings. The Morgan fingerprint density at radius 1 is 1.09 bits per heavy atom. The number of H-pyrrole nitrogens is 1. The maximum absolute atomic E-state index is 13.2. The molecule has 1 unspecified atom stereocenters. The lowest BCUT2D eigenvalue weighted by Gasteiger charge is -2.17. The van der Waals surface area contributed by atoms with Crippen LogP contribution in [-0.2, 0) is 32.1 Å². The number of esters is 2. The van der Waals surface area contributed by atoms with Gasteiger partial charge in [0.15, 0.2) is 10.8 Å². The molecule has 15 heteroatoms. The summed E-state index contributed by atoms with van der Waals surface area (Å²) in [6, 6.07) is 15.5. The molecule has 0 aliphatic carbocycles. The highest BCUT2D eigenvalue weighted by molar-refractivity contribution is 6.32. The molecule has 2 aromatic carbocycles. The summed E-state index contributed by atoms with van der Waals surface area (Å²) in [5, 5.41) is 23.7. The number of halogens is 1. The van der Waals surface area contributed by atoms with Crippen molar-refractivity contribution in [2.24, 2.45) is 0 Å². The summed E-state index contributed by atoms with van der Waals surface area (Å²) in [5.74, 6) is -0.573. The van der Waals surface area contributed by atoms with Gasteiger partial charge in [0.2, 0.25) is 12.1 Å². The number of nitrogens with one attached hydrogen (secondary N) is 1. The second-order valence-corrected chi connectivity index (χ2v) is 10.00. The van der Waals surface area contributed by atoms with Gasteiger partial charge in [0.1, 0.15) is 11.9 Å². The SMILES string of the molecule is CCCCc1nc(Cl)c(C(=O)OC(C)OC(=O)C[C@H](C)O[N+](=O)[O-])n1Cc1ccc(-c2ccccc2-c2nn[nH]n2)cc1. The predicted octanol–water partition coefficient (Wildman–Crippen LogP) is 4.81. The van der Waals surface area contributed by atoms with E-state index in [0.29, 0.717) is 18.1 Å². The number of rotatable bonds is 14. The lowest BCUT2D eigenvalue weighted by molar-refractivity contribution is -0.767. The van der Waals surface area contributed by atoms with Crippen molar-refractivity contribution in [2.75, 3.05) is 0 Å². The summed E-state index contributed by atoms with van der Waals surface area (Å²) in [6.45, 7) is 5.02. The minimum absolute atomic E-state index is 0.0206. The van der Waals surface area contributed by atoms with E-state index in [4.69, 9.17) is 21.1 Å². The van der Waals surface area contributed by atoms with Gasteiger partial charge in [0.05, 0.1) is 6.42 Å². The van der Waals surface area contributed by atoms with Gasteiger partial charge >= 0.3 is 11.9 Å². The number of aryl methyl sites for hydroxylation is 1. The van der Waals surface area contributed by atoms with Gasteiger partial charge in [-0.2, -0.15) is 5.21 Å². The van der Waals surface area contributed by atoms with Gasteiger partial charge in [0.25, 0.3) is 5.09 Å². The van der Waals surface area contributed by atoms with E-state index in [0.717, 1.165) is 35.1 Å². The fourth-order valence-corrected chi connectivity index (χ4v) is 4.69. The smallest absolute Gasteiger partial charge is 0.361 e. The Bertz CT molecular complexity index is 1560. The van der Waals surface area contributed by atoms with Crippen LogP contribution in [0.1, 0.15) is 61.9 Å². The van der Waals surface area contributed by atoms with E-state index >= 15 is 0 Å². The maximum atomic E-state index is 13.2. The van der Waals surface area contributed by atoms with E-state index in [1.807, 2.05) is 55.5 Å². The molecule has 4 aromatic rings. The zero-order valence-electron chi connectivity index (χ0n) is 23.7. The molecule has 14 nitrogen and oxygen atoms in total. The molecular formula is C28H30ClN7O7. The van der Waals surface area contributed by atoms with Crippen LogP contribution in [-0.4, -0.2) is 59.6 Å². The zero-order valence-corrected chi connectivity index (χ0v) is 24.5. The van der Waals surface area contributed by atoms with Crippen molar-refractivity contribution in [1.29, 1.82) is 0 Å². The molecule has 226 valence electrons. The molecule has 0 bridgehead atoms. The number of tetrazole rings is 1. The van der Waals surface area contributed by atoms with Crippen LogP contribution in [0.4, 0.5) is 0 Å². The van der Waals surface area contributed by atoms with Crippen LogP contribution in [0, 0.1) is 10.1 Å². The summed E-state index contributed by atoms with van der Waals surface area (Å²) in [7, 11) is 0. The van der Waals surface area contributed by atoms with Crippen molar-refractivity contribution in [3.63, 3.8) is 0 Å². The van der Waals surface area contributed by atoms with Gasteiger partial charge in [-0.3, -0.25) is 4.79 Å². The van der Waals surface area contributed by atoms with Crippen molar-refractivity contribution in [2.45, 2.75) is 65.4 Å². The fourth-order valence-electron chi connectivity index (χ4n) is 4.42. The first-order valence-corrected chi connectivity index (χ1v) is 13.9. The van der Waals surface area contributed by atoms with Crippen LogP contribution in [0.3, 0.4) is 0 Å². The second kappa shape index (κ2) is 14.4. The topological polar surface area (TPSA) is 177 Å². The Hall–Kier alpha value is -4.85. The molecule has 2 atom stereocenters. The molecule has 2 aromatic heterocycles. The average Bonchev–Trinajstić information content (AvgIpc) is 3.59. The van der Waals surface area contributed by atoms with Gasteiger partial charge in [0, 0.05) is 25.5 Å². The number of nitrogens with zero attached hydrogens (tertiary/aromatic N) is 6. The van der Waals surface area contributed by atoms with Gasteiger partial charge in [-0.05, 0) is 35.2 Å². The lowest BCUT2D eigenvalue weighted by Crippen LogP contribution is -2.26. The minimum Gasteiger partial charge on any atom is -0.425 e. The number of hydrogen-bond donors (Lipinski definition) is 1. The van der Waals surface area contributed by atoms with Crippen molar-refractivity contribution in [3.05, 3.63) is 80.9 Å². The molecule has 0 saturated heterocycles. The number of aromatic amines is 1. The normalized spacial score (nSPS) is 12.4. The van der Waals surface area contributed by atoms with Crippen LogP contribution in [0.2, 0.25) is 5.15 Å². The van der Waals surface area contributed by atoms with Crippen molar-refractivity contribution >= 4 is 23.5 Å². The number of unbranched alkanes of at least 4 members (excludes halogenated alkanes) is 1. The number of carbonyl (C=O) groups is 2. The Morgan fingerprint density at radius 3 is 2.47 bits per heavy atom. The van der Waals surface area contributed by atoms with Crippen molar-refractivity contribution in [3.8, 4) is 22.5 Å². The monoisotopic (exact) mass is 611 g/mol. The number of imidazole rings is 1. The van der Waals surface area contributed by atoms with E-state index in [9.17, 15) is 19.7 Å². The van der Waals surface area contributed by atoms with Crippen LogP contribution >= 0.6 is 11.6 Å². The second-order valence-electron chi connectivity index (χ2n) is 9.64. The van der Waals surface area contributed by atoms with Crippen LogP contribution in [0.15, 0.2) is 48.5 Å². The molecule has 0 saturated carbocycles. The van der Waals surface area contributed by atoms with E-state index < -0.39 is 35.8 Å². The molecular weight excluding hydrogens is 582 g/mol. The average molecular weight is 612 g/mol. The van der Waals surface area contributed by atoms with Crippen molar-refractivity contribution < 1.29 is 29.0 Å². The third-order valence-corrected chi connectivity index (χ3v) is 6.62. The first-order valence-electron chi connectivity index (χ1n) is 13.5. The van der Waals surface area contributed by atoms with E-state index in [2.05, 4.69) is 30.4 Å². The Kier molecular flexibility index (Phi) is 10.4. The number of benzene rings is 2. The number of aromatic nitrogens is 6. The zero-order chi connectivity index (χ0) is 30.9. The van der Waals surface area contributed by atoms with Gasteiger partial charge in [-0.1, -0.05) is 73.5 Å². The molecule has 0 spiro atoms. The molecule has 1 N–H and O–H groups in total. The van der Waals surface area contributed by atoms with Crippen LogP contribution in [0.5, 0.6) is 0 Å². The fraction of sp³-hybridized carbons (Fsp3) is 0.357. The first-order chi connectivity index (χ1) is 20.7.